The van der Waals surface area contributed by atoms with Gasteiger partial charge in [-0.15, -0.1) is 0 Å². The average molecular weight is 361 g/mol. The molecule has 1 amide bonds. The van der Waals surface area contributed by atoms with E-state index in [1.54, 1.807) is 6.20 Å². The number of hydrogen-bond donors (Lipinski definition) is 3. The van der Waals surface area contributed by atoms with Crippen molar-refractivity contribution in [1.29, 1.82) is 0 Å². The zero-order valence-corrected chi connectivity index (χ0v) is 15.0. The van der Waals surface area contributed by atoms with Gasteiger partial charge in [0.15, 0.2) is 0 Å². The van der Waals surface area contributed by atoms with Crippen molar-refractivity contribution >= 4 is 17.4 Å². The number of benzene rings is 2. The van der Waals surface area contributed by atoms with Gasteiger partial charge in [-0.1, -0.05) is 60.7 Å². The second-order valence-electron chi connectivity index (χ2n) is 6.18. The van der Waals surface area contributed by atoms with E-state index < -0.39 is 5.92 Å². The SMILES string of the molecule is O=C(Nc1ccc(NCCCO)nc1)C(c1ccccc1)c1ccccc1. The molecule has 0 aliphatic heterocycles. The van der Waals surface area contributed by atoms with Crippen molar-refractivity contribution in [2.75, 3.05) is 23.8 Å². The third kappa shape index (κ3) is 5.15. The van der Waals surface area contributed by atoms with Crippen LogP contribution < -0.4 is 10.6 Å². The molecule has 0 atom stereocenters. The van der Waals surface area contributed by atoms with Crippen molar-refractivity contribution in [3.05, 3.63) is 90.1 Å². The second-order valence-corrected chi connectivity index (χ2v) is 6.18. The van der Waals surface area contributed by atoms with Gasteiger partial charge in [0.2, 0.25) is 5.91 Å². The number of aromatic nitrogens is 1. The Balaban J connectivity index is 1.75. The first-order valence-electron chi connectivity index (χ1n) is 8.99. The summed E-state index contributed by atoms with van der Waals surface area (Å²) in [5.41, 5.74) is 2.53. The zero-order chi connectivity index (χ0) is 18.9. The Morgan fingerprint density at radius 1 is 0.926 bits per heavy atom. The highest BCUT2D eigenvalue weighted by atomic mass is 16.3. The van der Waals surface area contributed by atoms with Crippen LogP contribution >= 0.6 is 0 Å². The predicted octanol–water partition coefficient (Wildman–Crippen LogP) is 3.65. The molecule has 3 N–H and O–H groups in total. The van der Waals surface area contributed by atoms with E-state index in [2.05, 4.69) is 15.6 Å². The Labute approximate surface area is 159 Å². The van der Waals surface area contributed by atoms with Crippen LogP contribution in [0.1, 0.15) is 23.5 Å². The molecule has 0 fully saturated rings. The van der Waals surface area contributed by atoms with Gasteiger partial charge in [0, 0.05) is 13.2 Å². The highest BCUT2D eigenvalue weighted by molar-refractivity contribution is 5.98. The molecule has 1 aromatic heterocycles. The third-order valence-electron chi connectivity index (χ3n) is 4.20. The second kappa shape index (κ2) is 9.50. The summed E-state index contributed by atoms with van der Waals surface area (Å²) in [5.74, 6) is 0.217. The van der Waals surface area contributed by atoms with Gasteiger partial charge < -0.3 is 15.7 Å². The summed E-state index contributed by atoms with van der Waals surface area (Å²) in [6.45, 7) is 0.792. The molecule has 5 nitrogen and oxygen atoms in total. The van der Waals surface area contributed by atoms with Crippen LogP contribution in [0.2, 0.25) is 0 Å². The fraction of sp³-hybridized carbons (Fsp3) is 0.182. The summed E-state index contributed by atoms with van der Waals surface area (Å²) in [7, 11) is 0. The largest absolute Gasteiger partial charge is 0.396 e. The van der Waals surface area contributed by atoms with Crippen LogP contribution in [0.5, 0.6) is 0 Å². The normalized spacial score (nSPS) is 10.6. The van der Waals surface area contributed by atoms with E-state index in [-0.39, 0.29) is 12.5 Å². The molecule has 3 aromatic rings. The maximum atomic E-state index is 13.0. The predicted molar refractivity (Wildman–Crippen MR) is 108 cm³/mol. The minimum atomic E-state index is -0.394. The molecule has 0 spiro atoms. The van der Waals surface area contributed by atoms with Crippen LogP contribution in [0.3, 0.4) is 0 Å². The lowest BCUT2D eigenvalue weighted by Gasteiger charge is -2.18. The molecule has 2 aromatic carbocycles. The summed E-state index contributed by atoms with van der Waals surface area (Å²) in [5, 5.41) is 14.9. The molecule has 0 saturated carbocycles. The molecule has 27 heavy (non-hydrogen) atoms. The van der Waals surface area contributed by atoms with Crippen molar-refractivity contribution in [3.8, 4) is 0 Å². The maximum absolute atomic E-state index is 13.0. The number of anilines is 2. The van der Waals surface area contributed by atoms with Gasteiger partial charge >= 0.3 is 0 Å². The van der Waals surface area contributed by atoms with Gasteiger partial charge in [0.25, 0.3) is 0 Å². The Bertz CT molecular complexity index is 797. The van der Waals surface area contributed by atoms with Gasteiger partial charge in [-0.25, -0.2) is 4.98 Å². The summed E-state index contributed by atoms with van der Waals surface area (Å²) in [4.78, 5) is 17.3. The smallest absolute Gasteiger partial charge is 0.236 e. The van der Waals surface area contributed by atoms with E-state index in [1.807, 2.05) is 72.8 Å². The Hall–Kier alpha value is -3.18. The van der Waals surface area contributed by atoms with Crippen LogP contribution in [0.25, 0.3) is 0 Å². The number of nitrogens with zero attached hydrogens (tertiary/aromatic N) is 1. The van der Waals surface area contributed by atoms with E-state index in [1.165, 1.54) is 0 Å². The third-order valence-corrected chi connectivity index (χ3v) is 4.20. The Kier molecular flexibility index (Phi) is 6.55. The zero-order valence-electron chi connectivity index (χ0n) is 15.0. The van der Waals surface area contributed by atoms with Crippen LogP contribution in [0.4, 0.5) is 11.5 Å². The highest BCUT2D eigenvalue weighted by Gasteiger charge is 2.22. The van der Waals surface area contributed by atoms with E-state index >= 15 is 0 Å². The summed E-state index contributed by atoms with van der Waals surface area (Å²) >= 11 is 0. The quantitative estimate of drug-likeness (QED) is 0.536. The summed E-state index contributed by atoms with van der Waals surface area (Å²) in [6, 6.07) is 23.1. The minimum Gasteiger partial charge on any atom is -0.396 e. The molecule has 138 valence electrons. The number of aliphatic hydroxyl groups is 1. The van der Waals surface area contributed by atoms with Crippen LogP contribution in [0.15, 0.2) is 79.0 Å². The molecule has 1 heterocycles. The molecule has 5 heteroatoms. The Morgan fingerprint density at radius 3 is 2.07 bits per heavy atom. The fourth-order valence-electron chi connectivity index (χ4n) is 2.87. The molecule has 0 aliphatic rings. The topological polar surface area (TPSA) is 74.2 Å². The fourth-order valence-corrected chi connectivity index (χ4v) is 2.87. The number of carbonyl (C=O) groups is 1. The Morgan fingerprint density at radius 2 is 1.56 bits per heavy atom. The van der Waals surface area contributed by atoms with Gasteiger partial charge in [-0.3, -0.25) is 4.79 Å². The first-order valence-corrected chi connectivity index (χ1v) is 8.99. The van der Waals surface area contributed by atoms with Crippen molar-refractivity contribution in [3.63, 3.8) is 0 Å². The van der Waals surface area contributed by atoms with Crippen molar-refractivity contribution in [1.82, 2.24) is 4.98 Å². The van der Waals surface area contributed by atoms with Gasteiger partial charge in [0.1, 0.15) is 5.82 Å². The van der Waals surface area contributed by atoms with Crippen molar-refractivity contribution in [2.45, 2.75) is 12.3 Å². The minimum absolute atomic E-state index is 0.102. The number of aliphatic hydroxyl groups excluding tert-OH is 1. The van der Waals surface area contributed by atoms with Gasteiger partial charge in [0.05, 0.1) is 17.8 Å². The highest BCUT2D eigenvalue weighted by Crippen LogP contribution is 2.26. The van der Waals surface area contributed by atoms with Crippen molar-refractivity contribution < 1.29 is 9.90 Å². The number of carbonyl (C=O) groups excluding carboxylic acids is 1. The average Bonchev–Trinajstić information content (AvgIpc) is 2.71. The number of amides is 1. The first-order chi connectivity index (χ1) is 13.3. The molecule has 0 bridgehead atoms. The molecule has 0 aliphatic carbocycles. The molecule has 3 rings (SSSR count). The standard InChI is InChI=1S/C22H23N3O2/c26-15-7-14-23-20-13-12-19(16-24-20)25-22(27)21(17-8-3-1-4-9-17)18-10-5-2-6-11-18/h1-6,8-13,16,21,26H,7,14-15H2,(H,23,24)(H,25,27). The number of nitrogens with one attached hydrogen (secondary N) is 2. The lowest BCUT2D eigenvalue weighted by Crippen LogP contribution is -2.22. The number of pyridine rings is 1. The molecular weight excluding hydrogens is 338 g/mol. The lowest BCUT2D eigenvalue weighted by atomic mass is 9.90. The molecule has 0 saturated heterocycles. The number of hydrogen-bond acceptors (Lipinski definition) is 4. The monoisotopic (exact) mass is 361 g/mol. The molecule has 0 radical (unpaired) electrons. The van der Waals surface area contributed by atoms with Gasteiger partial charge in [-0.2, -0.15) is 0 Å². The van der Waals surface area contributed by atoms with E-state index in [0.717, 1.165) is 11.1 Å². The molecular formula is C22H23N3O2. The number of rotatable bonds is 8. The molecule has 0 unspecified atom stereocenters. The summed E-state index contributed by atoms with van der Waals surface area (Å²) < 4.78 is 0. The van der Waals surface area contributed by atoms with Crippen LogP contribution in [-0.4, -0.2) is 29.1 Å². The van der Waals surface area contributed by atoms with Crippen LogP contribution in [0, 0.1) is 0 Å². The van der Waals surface area contributed by atoms with E-state index in [9.17, 15) is 4.79 Å². The van der Waals surface area contributed by atoms with E-state index in [4.69, 9.17) is 5.11 Å². The van der Waals surface area contributed by atoms with Crippen molar-refractivity contribution in [2.24, 2.45) is 0 Å². The maximum Gasteiger partial charge on any atom is 0.236 e. The van der Waals surface area contributed by atoms with E-state index in [0.29, 0.717) is 24.5 Å². The van der Waals surface area contributed by atoms with Crippen LogP contribution in [-0.2, 0) is 4.79 Å². The van der Waals surface area contributed by atoms with Gasteiger partial charge in [-0.05, 0) is 29.7 Å². The lowest BCUT2D eigenvalue weighted by molar-refractivity contribution is -0.116. The summed E-state index contributed by atoms with van der Waals surface area (Å²) in [6.07, 6.45) is 2.29. The first kappa shape index (κ1) is 18.6.